The number of hydrogen-bond acceptors (Lipinski definition) is 3. The number of rotatable bonds is 3. The fraction of sp³-hybridized carbons (Fsp3) is 0.429. The Kier molecular flexibility index (Phi) is 4.58. The highest BCUT2D eigenvalue weighted by molar-refractivity contribution is 6.11. The highest BCUT2D eigenvalue weighted by Crippen LogP contribution is 2.41. The van der Waals surface area contributed by atoms with E-state index < -0.39 is 0 Å². The maximum Gasteiger partial charge on any atom is 0.326 e. The van der Waals surface area contributed by atoms with Crippen LogP contribution in [0.3, 0.4) is 0 Å². The number of para-hydroxylation sites is 1. The number of carbonyl (C=O) groups is 1. The zero-order valence-electron chi connectivity index (χ0n) is 11.4. The molecule has 0 spiro atoms. The molecule has 0 aliphatic carbocycles. The van der Waals surface area contributed by atoms with Crippen molar-refractivity contribution in [1.82, 2.24) is 0 Å². The van der Waals surface area contributed by atoms with Crippen molar-refractivity contribution in [3.8, 4) is 0 Å². The molecule has 0 radical (unpaired) electrons. The van der Waals surface area contributed by atoms with E-state index in [0.29, 0.717) is 12.4 Å². The number of halogens is 1. The fourth-order valence-corrected chi connectivity index (χ4v) is 2.32. The van der Waals surface area contributed by atoms with Crippen LogP contribution in [-0.4, -0.2) is 25.0 Å². The quantitative estimate of drug-likeness (QED) is 0.868. The summed E-state index contributed by atoms with van der Waals surface area (Å²) in [6, 6.07) is 7.83. The highest BCUT2D eigenvalue weighted by Gasteiger charge is 2.41. The van der Waals surface area contributed by atoms with Crippen LogP contribution in [0.2, 0.25) is 0 Å². The smallest absolute Gasteiger partial charge is 0.326 e. The first-order valence-corrected chi connectivity index (χ1v) is 6.10. The molecule has 19 heavy (non-hydrogen) atoms. The first kappa shape index (κ1) is 15.5. The molecule has 0 fully saturated rings. The van der Waals surface area contributed by atoms with E-state index in [4.69, 9.17) is 10.1 Å². The van der Waals surface area contributed by atoms with E-state index in [1.54, 1.807) is 11.8 Å². The Bertz CT molecular complexity index is 500. The van der Waals surface area contributed by atoms with Crippen molar-refractivity contribution in [1.29, 1.82) is 5.41 Å². The summed E-state index contributed by atoms with van der Waals surface area (Å²) in [4.78, 5) is 13.3. The Morgan fingerprint density at radius 3 is 2.63 bits per heavy atom. The summed E-state index contributed by atoms with van der Waals surface area (Å²) in [6.07, 6.45) is 0. The monoisotopic (exact) mass is 282 g/mol. The lowest BCUT2D eigenvalue weighted by Crippen LogP contribution is -2.39. The largest absolute Gasteiger partial charge is 0.465 e. The van der Waals surface area contributed by atoms with Gasteiger partial charge in [-0.2, -0.15) is 0 Å². The average Bonchev–Trinajstić information content (AvgIpc) is 2.52. The number of benzene rings is 1. The van der Waals surface area contributed by atoms with Gasteiger partial charge in [-0.1, -0.05) is 18.2 Å². The Morgan fingerprint density at radius 1 is 1.37 bits per heavy atom. The third-order valence-corrected chi connectivity index (χ3v) is 3.32. The summed E-state index contributed by atoms with van der Waals surface area (Å²) in [6.45, 7) is 6.25. The van der Waals surface area contributed by atoms with Crippen LogP contribution in [0.4, 0.5) is 5.69 Å². The van der Waals surface area contributed by atoms with Gasteiger partial charge in [0.25, 0.3) is 0 Å². The van der Waals surface area contributed by atoms with Gasteiger partial charge in [-0.05, 0) is 32.4 Å². The molecule has 1 aromatic rings. The number of carbonyl (C=O) groups excluding carboxylic acids is 1. The number of fused-ring (bicyclic) bond motifs is 1. The Labute approximate surface area is 119 Å². The van der Waals surface area contributed by atoms with Gasteiger partial charge in [0.2, 0.25) is 0 Å². The second-order valence-corrected chi connectivity index (χ2v) is 4.88. The van der Waals surface area contributed by atoms with Gasteiger partial charge in [0, 0.05) is 11.1 Å². The van der Waals surface area contributed by atoms with Crippen molar-refractivity contribution in [2.45, 2.75) is 26.2 Å². The van der Waals surface area contributed by atoms with Crippen LogP contribution in [0.15, 0.2) is 24.3 Å². The molecule has 1 aliphatic rings. The molecule has 0 atom stereocenters. The molecule has 5 heteroatoms. The maximum absolute atomic E-state index is 11.6. The fourth-order valence-electron chi connectivity index (χ4n) is 2.32. The van der Waals surface area contributed by atoms with Crippen molar-refractivity contribution >= 4 is 29.9 Å². The predicted molar refractivity (Wildman–Crippen MR) is 78.4 cm³/mol. The Hall–Kier alpha value is -1.55. The normalized spacial score (nSPS) is 15.7. The summed E-state index contributed by atoms with van der Waals surface area (Å²) in [7, 11) is 0. The molecule has 0 bridgehead atoms. The molecule has 0 aromatic heterocycles. The van der Waals surface area contributed by atoms with Crippen LogP contribution < -0.4 is 4.90 Å². The van der Waals surface area contributed by atoms with Gasteiger partial charge < -0.3 is 9.64 Å². The third kappa shape index (κ3) is 2.59. The number of nitrogens with one attached hydrogen (secondary N) is 1. The third-order valence-electron chi connectivity index (χ3n) is 3.32. The zero-order chi connectivity index (χ0) is 13.3. The molecule has 104 valence electrons. The van der Waals surface area contributed by atoms with Crippen molar-refractivity contribution in [2.24, 2.45) is 0 Å². The van der Waals surface area contributed by atoms with Crippen LogP contribution in [-0.2, 0) is 14.9 Å². The zero-order valence-corrected chi connectivity index (χ0v) is 12.2. The van der Waals surface area contributed by atoms with Crippen molar-refractivity contribution in [2.75, 3.05) is 18.1 Å². The molecule has 1 aromatic carbocycles. The first-order valence-electron chi connectivity index (χ1n) is 6.10. The number of nitrogens with zero attached hydrogens (tertiary/aromatic N) is 1. The second-order valence-electron chi connectivity index (χ2n) is 4.88. The van der Waals surface area contributed by atoms with Crippen molar-refractivity contribution in [3.63, 3.8) is 0 Å². The average molecular weight is 283 g/mol. The molecule has 1 N–H and O–H groups in total. The number of ether oxygens (including phenoxy) is 1. The molecule has 1 heterocycles. The Morgan fingerprint density at radius 2 is 2.00 bits per heavy atom. The van der Waals surface area contributed by atoms with E-state index in [0.717, 1.165) is 11.3 Å². The lowest BCUT2D eigenvalue weighted by molar-refractivity contribution is -0.141. The number of anilines is 1. The molecule has 0 unspecified atom stereocenters. The molecule has 1 aliphatic heterocycles. The van der Waals surface area contributed by atoms with Gasteiger partial charge in [-0.15, -0.1) is 12.4 Å². The molecule has 0 amide bonds. The van der Waals surface area contributed by atoms with Gasteiger partial charge in [-0.25, -0.2) is 0 Å². The molecule has 4 nitrogen and oxygen atoms in total. The van der Waals surface area contributed by atoms with E-state index in [1.165, 1.54) is 0 Å². The van der Waals surface area contributed by atoms with Crippen LogP contribution >= 0.6 is 12.4 Å². The molecule has 0 saturated carbocycles. The lowest BCUT2D eigenvalue weighted by atomic mass is 9.86. The predicted octanol–water partition coefficient (Wildman–Crippen LogP) is 2.75. The summed E-state index contributed by atoms with van der Waals surface area (Å²) in [5.74, 6) is 0.145. The molecule has 2 rings (SSSR count). The minimum absolute atomic E-state index is 0. The summed E-state index contributed by atoms with van der Waals surface area (Å²) in [5, 5.41) is 8.24. The number of amidine groups is 1. The van der Waals surface area contributed by atoms with Crippen LogP contribution in [0.5, 0.6) is 0 Å². The highest BCUT2D eigenvalue weighted by atomic mass is 35.5. The maximum atomic E-state index is 11.6. The van der Waals surface area contributed by atoms with E-state index in [2.05, 4.69) is 0 Å². The van der Waals surface area contributed by atoms with Crippen LogP contribution in [0.1, 0.15) is 26.3 Å². The summed E-state index contributed by atoms with van der Waals surface area (Å²) in [5.41, 5.74) is 1.66. The Balaban J connectivity index is 0.00000180. The van der Waals surface area contributed by atoms with Crippen molar-refractivity contribution in [3.05, 3.63) is 29.8 Å². The molecular weight excluding hydrogens is 264 g/mol. The van der Waals surface area contributed by atoms with Crippen molar-refractivity contribution < 1.29 is 9.53 Å². The molecular formula is C14H19ClN2O2. The minimum atomic E-state index is -0.358. The van der Waals surface area contributed by atoms with Crippen LogP contribution in [0.25, 0.3) is 0 Å². The number of esters is 1. The van der Waals surface area contributed by atoms with Gasteiger partial charge in [-0.3, -0.25) is 10.2 Å². The summed E-state index contributed by atoms with van der Waals surface area (Å²) >= 11 is 0. The van der Waals surface area contributed by atoms with E-state index >= 15 is 0 Å². The van der Waals surface area contributed by atoms with Gasteiger partial charge in [0.1, 0.15) is 12.4 Å². The molecule has 0 saturated heterocycles. The van der Waals surface area contributed by atoms with Gasteiger partial charge in [0.05, 0.1) is 6.61 Å². The lowest BCUT2D eigenvalue weighted by Gasteiger charge is -2.22. The summed E-state index contributed by atoms with van der Waals surface area (Å²) < 4.78 is 4.96. The standard InChI is InChI=1S/C14H18N2O2.ClH/c1-4-18-12(17)9-16-11-8-6-5-7-10(11)14(2,3)13(16)15;/h5-8,15H,4,9H2,1-3H3;1H. The van der Waals surface area contributed by atoms with E-state index in [9.17, 15) is 4.79 Å². The first-order chi connectivity index (χ1) is 8.48. The van der Waals surface area contributed by atoms with E-state index in [-0.39, 0.29) is 30.3 Å². The van der Waals surface area contributed by atoms with Crippen LogP contribution in [0, 0.1) is 5.41 Å². The minimum Gasteiger partial charge on any atom is -0.465 e. The SMILES string of the molecule is CCOC(=O)CN1C(=N)C(C)(C)c2ccccc21.Cl. The van der Waals surface area contributed by atoms with Gasteiger partial charge >= 0.3 is 5.97 Å². The topological polar surface area (TPSA) is 53.4 Å². The second kappa shape index (κ2) is 5.61. The number of hydrogen-bond donors (Lipinski definition) is 1. The van der Waals surface area contributed by atoms with E-state index in [1.807, 2.05) is 38.1 Å². The van der Waals surface area contributed by atoms with Gasteiger partial charge in [0.15, 0.2) is 0 Å².